The highest BCUT2D eigenvalue weighted by Crippen LogP contribution is 2.23. The van der Waals surface area contributed by atoms with Crippen molar-refractivity contribution in [1.29, 1.82) is 0 Å². The van der Waals surface area contributed by atoms with Gasteiger partial charge in [0.25, 0.3) is 0 Å². The van der Waals surface area contributed by atoms with Crippen LogP contribution in [0.3, 0.4) is 0 Å². The molecule has 1 aliphatic heterocycles. The van der Waals surface area contributed by atoms with E-state index < -0.39 is 0 Å². The summed E-state index contributed by atoms with van der Waals surface area (Å²) in [6, 6.07) is 0. The molecule has 0 unspecified atom stereocenters. The SMILES string of the molecule is CN=C(NCc1nc(C(C)(C)C)cs1)N1CCC(O)CC1. The van der Waals surface area contributed by atoms with Crippen molar-refractivity contribution in [3.63, 3.8) is 0 Å². The molecule has 0 bridgehead atoms. The minimum atomic E-state index is -0.160. The summed E-state index contributed by atoms with van der Waals surface area (Å²) in [5.41, 5.74) is 1.24. The zero-order valence-electron chi connectivity index (χ0n) is 13.4. The number of aliphatic hydroxyl groups excluding tert-OH is 1. The second-order valence-corrected chi connectivity index (χ2v) is 7.44. The van der Waals surface area contributed by atoms with Gasteiger partial charge in [0.15, 0.2) is 5.96 Å². The van der Waals surface area contributed by atoms with Crippen LogP contribution in [0.4, 0.5) is 0 Å². The number of nitrogens with one attached hydrogen (secondary N) is 1. The second-order valence-electron chi connectivity index (χ2n) is 6.50. The first kappa shape index (κ1) is 16.2. The molecule has 0 aliphatic carbocycles. The molecule has 2 heterocycles. The van der Waals surface area contributed by atoms with Crippen LogP contribution in [-0.2, 0) is 12.0 Å². The zero-order chi connectivity index (χ0) is 15.5. The van der Waals surface area contributed by atoms with E-state index in [9.17, 15) is 5.11 Å². The lowest BCUT2D eigenvalue weighted by Crippen LogP contribution is -2.46. The van der Waals surface area contributed by atoms with Gasteiger partial charge >= 0.3 is 0 Å². The number of hydrogen-bond acceptors (Lipinski definition) is 4. The molecule has 1 fully saturated rings. The molecule has 0 radical (unpaired) electrons. The molecule has 0 aromatic carbocycles. The lowest BCUT2D eigenvalue weighted by molar-refractivity contribution is 0.108. The van der Waals surface area contributed by atoms with Gasteiger partial charge in [0.2, 0.25) is 0 Å². The van der Waals surface area contributed by atoms with Crippen molar-refractivity contribution in [2.24, 2.45) is 4.99 Å². The van der Waals surface area contributed by atoms with Crippen LogP contribution in [0.1, 0.15) is 44.3 Å². The first-order chi connectivity index (χ1) is 9.90. The quantitative estimate of drug-likeness (QED) is 0.648. The summed E-state index contributed by atoms with van der Waals surface area (Å²) in [4.78, 5) is 11.2. The van der Waals surface area contributed by atoms with Gasteiger partial charge in [-0.3, -0.25) is 4.99 Å². The van der Waals surface area contributed by atoms with E-state index >= 15 is 0 Å². The van der Waals surface area contributed by atoms with Gasteiger partial charge in [-0.05, 0) is 12.8 Å². The fraction of sp³-hybridized carbons (Fsp3) is 0.733. The number of nitrogens with zero attached hydrogens (tertiary/aromatic N) is 3. The van der Waals surface area contributed by atoms with E-state index in [0.717, 1.165) is 42.6 Å². The molecule has 0 amide bonds. The average molecular weight is 310 g/mol. The van der Waals surface area contributed by atoms with Crippen LogP contribution < -0.4 is 5.32 Å². The summed E-state index contributed by atoms with van der Waals surface area (Å²) in [5, 5.41) is 16.2. The fourth-order valence-electron chi connectivity index (χ4n) is 2.30. The number of aliphatic imine (C=N–C) groups is 1. The van der Waals surface area contributed by atoms with E-state index in [0.29, 0.717) is 6.54 Å². The third-order valence-corrected chi connectivity index (χ3v) is 4.54. The van der Waals surface area contributed by atoms with Crippen molar-refractivity contribution in [2.45, 2.75) is 51.7 Å². The number of rotatable bonds is 2. The molecule has 1 aromatic rings. The number of aliphatic hydroxyl groups is 1. The minimum absolute atomic E-state index is 0.0967. The second kappa shape index (κ2) is 6.75. The van der Waals surface area contributed by atoms with Gasteiger partial charge in [0, 0.05) is 30.9 Å². The lowest BCUT2D eigenvalue weighted by atomic mass is 9.93. The Morgan fingerprint density at radius 3 is 2.67 bits per heavy atom. The van der Waals surface area contributed by atoms with Crippen molar-refractivity contribution in [2.75, 3.05) is 20.1 Å². The summed E-state index contributed by atoms with van der Waals surface area (Å²) in [6.07, 6.45) is 1.46. The van der Waals surface area contributed by atoms with Gasteiger partial charge in [-0.2, -0.15) is 0 Å². The Balaban J connectivity index is 1.90. The predicted molar refractivity (Wildman–Crippen MR) is 87.8 cm³/mol. The molecule has 1 aromatic heterocycles. The first-order valence-corrected chi connectivity index (χ1v) is 8.36. The molecule has 1 saturated heterocycles. The number of aromatic nitrogens is 1. The van der Waals surface area contributed by atoms with Crippen LogP contribution in [-0.4, -0.2) is 47.2 Å². The maximum atomic E-state index is 9.57. The fourth-order valence-corrected chi connectivity index (χ4v) is 3.26. The van der Waals surface area contributed by atoms with Crippen molar-refractivity contribution in [3.8, 4) is 0 Å². The van der Waals surface area contributed by atoms with Crippen molar-refractivity contribution < 1.29 is 5.11 Å². The van der Waals surface area contributed by atoms with Crippen LogP contribution >= 0.6 is 11.3 Å². The van der Waals surface area contributed by atoms with Crippen LogP contribution in [0.2, 0.25) is 0 Å². The van der Waals surface area contributed by atoms with Crippen LogP contribution in [0.5, 0.6) is 0 Å². The van der Waals surface area contributed by atoms with Crippen LogP contribution in [0, 0.1) is 0 Å². The molecule has 2 rings (SSSR count). The molecule has 1 aliphatic rings. The number of hydrogen-bond donors (Lipinski definition) is 2. The van der Waals surface area contributed by atoms with E-state index in [-0.39, 0.29) is 11.5 Å². The van der Waals surface area contributed by atoms with Gasteiger partial charge in [-0.1, -0.05) is 20.8 Å². The third kappa shape index (κ3) is 4.41. The van der Waals surface area contributed by atoms with Crippen molar-refractivity contribution in [3.05, 3.63) is 16.1 Å². The minimum Gasteiger partial charge on any atom is -0.393 e. The molecule has 0 atom stereocenters. The largest absolute Gasteiger partial charge is 0.393 e. The Kier molecular flexibility index (Phi) is 5.22. The predicted octanol–water partition coefficient (Wildman–Crippen LogP) is 1.97. The summed E-state index contributed by atoms with van der Waals surface area (Å²) < 4.78 is 0. The standard InChI is InChI=1S/C15H26N4OS/c1-15(2,3)12-10-21-13(18-12)9-17-14(16-4)19-7-5-11(20)6-8-19/h10-11,20H,5-9H2,1-4H3,(H,16,17). The maximum absolute atomic E-state index is 9.57. The molecular formula is C15H26N4OS. The highest BCUT2D eigenvalue weighted by molar-refractivity contribution is 7.09. The van der Waals surface area contributed by atoms with Gasteiger partial charge in [-0.25, -0.2) is 4.98 Å². The summed E-state index contributed by atoms with van der Waals surface area (Å²) in [5.74, 6) is 0.898. The van der Waals surface area contributed by atoms with Crippen LogP contribution in [0.15, 0.2) is 10.4 Å². The molecule has 21 heavy (non-hydrogen) atoms. The summed E-state index contributed by atoms with van der Waals surface area (Å²) in [7, 11) is 1.80. The highest BCUT2D eigenvalue weighted by Gasteiger charge is 2.20. The Hall–Kier alpha value is -1.14. The topological polar surface area (TPSA) is 60.8 Å². The first-order valence-electron chi connectivity index (χ1n) is 7.48. The molecule has 5 nitrogen and oxygen atoms in total. The van der Waals surface area contributed by atoms with Crippen molar-refractivity contribution >= 4 is 17.3 Å². The van der Waals surface area contributed by atoms with Gasteiger partial charge in [-0.15, -0.1) is 11.3 Å². The van der Waals surface area contributed by atoms with Crippen molar-refractivity contribution in [1.82, 2.24) is 15.2 Å². The molecule has 0 saturated carbocycles. The molecular weight excluding hydrogens is 284 g/mol. The third-order valence-electron chi connectivity index (χ3n) is 3.69. The maximum Gasteiger partial charge on any atom is 0.193 e. The van der Waals surface area contributed by atoms with Crippen LogP contribution in [0.25, 0.3) is 0 Å². The Labute approximate surface area is 131 Å². The van der Waals surface area contributed by atoms with E-state index in [1.54, 1.807) is 18.4 Å². The highest BCUT2D eigenvalue weighted by atomic mass is 32.1. The Morgan fingerprint density at radius 1 is 1.48 bits per heavy atom. The normalized spacial score (nSPS) is 18.1. The van der Waals surface area contributed by atoms with Gasteiger partial charge < -0.3 is 15.3 Å². The smallest absolute Gasteiger partial charge is 0.193 e. The molecule has 6 heteroatoms. The van der Waals surface area contributed by atoms with Gasteiger partial charge in [0.05, 0.1) is 18.3 Å². The van der Waals surface area contributed by atoms with E-state index in [2.05, 4.69) is 46.3 Å². The van der Waals surface area contributed by atoms with E-state index in [1.165, 1.54) is 0 Å². The summed E-state index contributed by atoms with van der Waals surface area (Å²) >= 11 is 1.69. The number of thiazole rings is 1. The Morgan fingerprint density at radius 2 is 2.14 bits per heavy atom. The lowest BCUT2D eigenvalue weighted by Gasteiger charge is -2.32. The Bertz CT molecular complexity index is 484. The molecule has 118 valence electrons. The molecule has 0 spiro atoms. The number of likely N-dealkylation sites (tertiary alicyclic amines) is 1. The van der Waals surface area contributed by atoms with E-state index in [4.69, 9.17) is 0 Å². The summed E-state index contributed by atoms with van der Waals surface area (Å²) in [6.45, 7) is 8.94. The van der Waals surface area contributed by atoms with E-state index in [1.807, 2.05) is 0 Å². The molecule has 2 N–H and O–H groups in total. The average Bonchev–Trinajstić information content (AvgIpc) is 2.90. The van der Waals surface area contributed by atoms with Gasteiger partial charge in [0.1, 0.15) is 5.01 Å². The number of guanidine groups is 1. The number of piperidine rings is 1. The monoisotopic (exact) mass is 310 g/mol. The zero-order valence-corrected chi connectivity index (χ0v) is 14.2.